The topological polar surface area (TPSA) is 88.5 Å². The average molecular weight is 373 g/mol. The Labute approximate surface area is 146 Å². The molecular weight excluding hydrogens is 362 g/mol. The predicted octanol–water partition coefficient (Wildman–Crippen LogP) is 3.86. The van der Waals surface area contributed by atoms with E-state index in [0.29, 0.717) is 0 Å². The number of carbonyl (C=O) groups is 2. The van der Waals surface area contributed by atoms with Crippen LogP contribution in [0.15, 0.2) is 18.2 Å². The van der Waals surface area contributed by atoms with Gasteiger partial charge in [0.15, 0.2) is 5.69 Å². The summed E-state index contributed by atoms with van der Waals surface area (Å²) in [6, 6.07) is 3.56. The van der Waals surface area contributed by atoms with Gasteiger partial charge in [-0.1, -0.05) is 23.2 Å². The first kappa shape index (κ1) is 18.0. The molecule has 0 spiro atoms. The van der Waals surface area contributed by atoms with Crippen molar-refractivity contribution in [3.8, 4) is 17.0 Å². The second kappa shape index (κ2) is 7.02. The highest BCUT2D eigenvalue weighted by molar-refractivity contribution is 6.36. The van der Waals surface area contributed by atoms with Gasteiger partial charge in [0.2, 0.25) is 5.91 Å². The number of hydrogen-bond donors (Lipinski definition) is 2. The van der Waals surface area contributed by atoms with Crippen LogP contribution < -0.4 is 10.1 Å². The molecule has 2 aromatic rings. The molecule has 9 heteroatoms. The quantitative estimate of drug-likeness (QED) is 0.850. The number of nitrogens with one attached hydrogen (secondary N) is 1. The van der Waals surface area contributed by atoms with Crippen LogP contribution in [-0.2, 0) is 4.79 Å². The van der Waals surface area contributed by atoms with Crippen LogP contribution in [0, 0.1) is 5.82 Å². The second-order valence-corrected chi connectivity index (χ2v) is 5.46. The molecule has 6 nitrogen and oxygen atoms in total. The minimum absolute atomic E-state index is 0.000108. The monoisotopic (exact) mass is 372 g/mol. The fraction of sp³-hybridized carbons (Fsp3) is 0.133. The zero-order valence-electron chi connectivity index (χ0n) is 12.5. The molecule has 0 bridgehead atoms. The molecule has 0 saturated heterocycles. The maximum Gasteiger partial charge on any atom is 0.356 e. The average Bonchev–Trinajstić information content (AvgIpc) is 2.49. The number of carboxylic acids is 1. The first-order chi connectivity index (χ1) is 11.2. The third-order valence-electron chi connectivity index (χ3n) is 2.99. The number of carboxylic acid groups (broad SMARTS) is 1. The largest absolute Gasteiger partial charge is 0.495 e. The van der Waals surface area contributed by atoms with E-state index in [4.69, 9.17) is 27.9 Å². The normalized spacial score (nSPS) is 10.4. The molecule has 1 amide bonds. The highest BCUT2D eigenvalue weighted by Crippen LogP contribution is 2.35. The van der Waals surface area contributed by atoms with Gasteiger partial charge in [-0.3, -0.25) is 4.79 Å². The Hall–Kier alpha value is -2.38. The van der Waals surface area contributed by atoms with Crippen LogP contribution in [-0.4, -0.2) is 29.1 Å². The number of halogens is 3. The van der Waals surface area contributed by atoms with E-state index in [1.54, 1.807) is 0 Å². The molecule has 24 heavy (non-hydrogen) atoms. The van der Waals surface area contributed by atoms with Gasteiger partial charge in [0.1, 0.15) is 11.6 Å². The van der Waals surface area contributed by atoms with E-state index in [1.807, 2.05) is 0 Å². The van der Waals surface area contributed by atoms with Crippen molar-refractivity contribution in [2.24, 2.45) is 0 Å². The van der Waals surface area contributed by atoms with Gasteiger partial charge in [-0.05, 0) is 18.2 Å². The van der Waals surface area contributed by atoms with Gasteiger partial charge in [0.05, 0.1) is 28.5 Å². The molecule has 0 aliphatic rings. The Balaban J connectivity index is 2.72. The Morgan fingerprint density at radius 3 is 2.50 bits per heavy atom. The van der Waals surface area contributed by atoms with Gasteiger partial charge in [0, 0.05) is 12.5 Å². The van der Waals surface area contributed by atoms with Crippen molar-refractivity contribution in [2.75, 3.05) is 12.4 Å². The molecule has 1 aromatic heterocycles. The standard InChI is InChI=1S/C15H11Cl2FN2O4/c1-6(21)19-11-5-10(20-14(13(11)17)15(22)23)7-3-12(24-2)8(16)4-9(7)18/h3-5H,1-2H3,(H,22,23)(H,19,20,21). The maximum absolute atomic E-state index is 14.2. The Morgan fingerprint density at radius 1 is 1.29 bits per heavy atom. The summed E-state index contributed by atoms with van der Waals surface area (Å²) < 4.78 is 19.3. The lowest BCUT2D eigenvalue weighted by Gasteiger charge is -2.12. The number of rotatable bonds is 4. The minimum atomic E-state index is -1.42. The summed E-state index contributed by atoms with van der Waals surface area (Å²) in [5, 5.41) is 11.4. The predicted molar refractivity (Wildman–Crippen MR) is 87.5 cm³/mol. The van der Waals surface area contributed by atoms with Gasteiger partial charge in [-0.25, -0.2) is 14.2 Å². The van der Waals surface area contributed by atoms with Crippen LogP contribution in [0.2, 0.25) is 10.0 Å². The number of pyridine rings is 1. The molecule has 1 aromatic carbocycles. The van der Waals surface area contributed by atoms with Crippen molar-refractivity contribution in [2.45, 2.75) is 6.92 Å². The second-order valence-electron chi connectivity index (χ2n) is 4.67. The zero-order chi connectivity index (χ0) is 18.0. The molecule has 0 fully saturated rings. The van der Waals surface area contributed by atoms with Crippen LogP contribution >= 0.6 is 23.2 Å². The molecule has 126 valence electrons. The smallest absolute Gasteiger partial charge is 0.356 e. The summed E-state index contributed by atoms with van der Waals surface area (Å²) >= 11 is 11.8. The van der Waals surface area contributed by atoms with E-state index in [9.17, 15) is 19.1 Å². The van der Waals surface area contributed by atoms with Crippen LogP contribution in [0.25, 0.3) is 11.3 Å². The molecule has 0 atom stereocenters. The molecule has 0 unspecified atom stereocenters. The first-order valence-electron chi connectivity index (χ1n) is 6.49. The summed E-state index contributed by atoms with van der Waals surface area (Å²) in [6.45, 7) is 1.22. The number of aromatic nitrogens is 1. The number of anilines is 1. The third-order valence-corrected chi connectivity index (χ3v) is 3.67. The minimum Gasteiger partial charge on any atom is -0.495 e. The lowest BCUT2D eigenvalue weighted by Crippen LogP contribution is -2.11. The number of aromatic carboxylic acids is 1. The number of carbonyl (C=O) groups excluding carboxylic acids is 1. The van der Waals surface area contributed by atoms with E-state index in [2.05, 4.69) is 10.3 Å². The highest BCUT2D eigenvalue weighted by Gasteiger charge is 2.20. The van der Waals surface area contributed by atoms with Crippen molar-refractivity contribution >= 4 is 40.8 Å². The van der Waals surface area contributed by atoms with Crippen LogP contribution in [0.1, 0.15) is 17.4 Å². The number of hydrogen-bond acceptors (Lipinski definition) is 4. The number of nitrogens with zero attached hydrogens (tertiary/aromatic N) is 1. The lowest BCUT2D eigenvalue weighted by molar-refractivity contribution is -0.114. The lowest BCUT2D eigenvalue weighted by atomic mass is 10.1. The van der Waals surface area contributed by atoms with E-state index < -0.39 is 23.4 Å². The van der Waals surface area contributed by atoms with Crippen LogP contribution in [0.5, 0.6) is 5.75 Å². The van der Waals surface area contributed by atoms with Gasteiger partial charge < -0.3 is 15.2 Å². The van der Waals surface area contributed by atoms with Crippen molar-refractivity contribution in [1.29, 1.82) is 0 Å². The van der Waals surface area contributed by atoms with E-state index in [-0.39, 0.29) is 32.7 Å². The third kappa shape index (κ3) is 3.58. The van der Waals surface area contributed by atoms with Gasteiger partial charge in [-0.15, -0.1) is 0 Å². The van der Waals surface area contributed by atoms with Crippen LogP contribution in [0.4, 0.5) is 10.1 Å². The number of amides is 1. The zero-order valence-corrected chi connectivity index (χ0v) is 14.0. The number of benzene rings is 1. The van der Waals surface area contributed by atoms with Crippen molar-refractivity contribution < 1.29 is 23.8 Å². The van der Waals surface area contributed by atoms with E-state index in [1.165, 1.54) is 26.2 Å². The summed E-state index contributed by atoms with van der Waals surface area (Å²) in [5.41, 5.74) is -0.624. The summed E-state index contributed by atoms with van der Waals surface area (Å²) in [6.07, 6.45) is 0. The molecule has 0 aliphatic carbocycles. The number of ether oxygens (including phenoxy) is 1. The summed E-state index contributed by atoms with van der Waals surface area (Å²) in [5.74, 6) is -2.45. The Bertz CT molecular complexity index is 843. The molecule has 2 N–H and O–H groups in total. The van der Waals surface area contributed by atoms with Crippen molar-refractivity contribution in [3.05, 3.63) is 39.8 Å². The molecular formula is C15H11Cl2FN2O4. The van der Waals surface area contributed by atoms with Crippen LogP contribution in [0.3, 0.4) is 0 Å². The molecule has 0 radical (unpaired) electrons. The summed E-state index contributed by atoms with van der Waals surface area (Å²) in [4.78, 5) is 26.4. The highest BCUT2D eigenvalue weighted by atomic mass is 35.5. The molecule has 0 aliphatic heterocycles. The fourth-order valence-corrected chi connectivity index (χ4v) is 2.42. The molecule has 0 saturated carbocycles. The molecule has 2 rings (SSSR count). The van der Waals surface area contributed by atoms with Gasteiger partial charge in [0.25, 0.3) is 0 Å². The first-order valence-corrected chi connectivity index (χ1v) is 7.25. The molecule has 1 heterocycles. The Kier molecular flexibility index (Phi) is 5.26. The van der Waals surface area contributed by atoms with E-state index >= 15 is 0 Å². The number of methoxy groups -OCH3 is 1. The summed E-state index contributed by atoms with van der Waals surface area (Å²) in [7, 11) is 1.35. The fourth-order valence-electron chi connectivity index (χ4n) is 1.97. The van der Waals surface area contributed by atoms with E-state index in [0.717, 1.165) is 6.07 Å². The van der Waals surface area contributed by atoms with Crippen molar-refractivity contribution in [3.63, 3.8) is 0 Å². The van der Waals surface area contributed by atoms with Gasteiger partial charge in [-0.2, -0.15) is 0 Å². The maximum atomic E-state index is 14.2. The Morgan fingerprint density at radius 2 is 1.96 bits per heavy atom. The van der Waals surface area contributed by atoms with Gasteiger partial charge >= 0.3 is 5.97 Å². The van der Waals surface area contributed by atoms with Crippen molar-refractivity contribution in [1.82, 2.24) is 4.98 Å². The SMILES string of the molecule is COc1cc(-c2cc(NC(C)=O)c(Cl)c(C(=O)O)n2)c(F)cc1Cl.